The van der Waals surface area contributed by atoms with Crippen molar-refractivity contribution in [3.8, 4) is 17.0 Å². The Morgan fingerprint density at radius 1 is 1.33 bits per heavy atom. The van der Waals surface area contributed by atoms with E-state index in [1.54, 1.807) is 10.6 Å². The number of ether oxygens (including phenoxy) is 1. The largest absolute Gasteiger partial charge is 0.492 e. The first-order valence-electron chi connectivity index (χ1n) is 6.40. The average Bonchev–Trinajstić information content (AvgIpc) is 2.95. The molecule has 0 saturated heterocycles. The van der Waals surface area contributed by atoms with Crippen molar-refractivity contribution in [1.82, 2.24) is 14.6 Å². The molecule has 0 bridgehead atoms. The molecule has 0 unspecified atom stereocenters. The zero-order valence-electron chi connectivity index (χ0n) is 11.7. The third-order valence-electron chi connectivity index (χ3n) is 3.40. The predicted molar refractivity (Wildman–Crippen MR) is 78.2 cm³/mol. The van der Waals surface area contributed by atoms with Crippen molar-refractivity contribution < 1.29 is 9.53 Å². The number of hydrogen-bond acceptors (Lipinski definition) is 4. The van der Waals surface area contributed by atoms with E-state index < -0.39 is 5.91 Å². The fourth-order valence-electron chi connectivity index (χ4n) is 2.39. The van der Waals surface area contributed by atoms with Gasteiger partial charge in [0, 0.05) is 5.56 Å². The van der Waals surface area contributed by atoms with Crippen molar-refractivity contribution in [1.29, 1.82) is 0 Å². The first-order valence-corrected chi connectivity index (χ1v) is 6.40. The number of primary amides is 1. The third-order valence-corrected chi connectivity index (χ3v) is 3.40. The SMILES string of the molecule is COc1c(C(N)=O)cc(-c2ccccc2C)n2ncnc12. The molecule has 0 atom stereocenters. The molecule has 2 N–H and O–H groups in total. The predicted octanol–water partition coefficient (Wildman–Crippen LogP) is 1.81. The zero-order chi connectivity index (χ0) is 15.0. The van der Waals surface area contributed by atoms with Gasteiger partial charge in [-0.1, -0.05) is 24.3 Å². The normalized spacial score (nSPS) is 10.8. The Morgan fingerprint density at radius 3 is 2.76 bits per heavy atom. The highest BCUT2D eigenvalue weighted by molar-refractivity contribution is 5.99. The molecule has 1 amide bonds. The van der Waals surface area contributed by atoms with Crippen LogP contribution in [0.5, 0.6) is 5.75 Å². The molecule has 0 aliphatic carbocycles. The van der Waals surface area contributed by atoms with Crippen LogP contribution < -0.4 is 10.5 Å². The number of aromatic nitrogens is 3. The number of aryl methyl sites for hydroxylation is 1. The van der Waals surface area contributed by atoms with Gasteiger partial charge in [-0.05, 0) is 18.6 Å². The molecule has 0 spiro atoms. The highest BCUT2D eigenvalue weighted by Crippen LogP contribution is 2.31. The van der Waals surface area contributed by atoms with Crippen molar-refractivity contribution >= 4 is 11.6 Å². The second kappa shape index (κ2) is 4.90. The fraction of sp³-hybridized carbons (Fsp3) is 0.133. The van der Waals surface area contributed by atoms with Gasteiger partial charge >= 0.3 is 0 Å². The van der Waals surface area contributed by atoms with Gasteiger partial charge in [-0.2, -0.15) is 5.10 Å². The number of carbonyl (C=O) groups is 1. The Labute approximate surface area is 121 Å². The molecule has 0 fully saturated rings. The van der Waals surface area contributed by atoms with Gasteiger partial charge in [0.1, 0.15) is 6.33 Å². The molecule has 6 heteroatoms. The molecule has 2 aromatic heterocycles. The van der Waals surface area contributed by atoms with E-state index in [0.717, 1.165) is 16.8 Å². The quantitative estimate of drug-likeness (QED) is 0.794. The van der Waals surface area contributed by atoms with Gasteiger partial charge in [-0.3, -0.25) is 4.79 Å². The van der Waals surface area contributed by atoms with E-state index >= 15 is 0 Å². The summed E-state index contributed by atoms with van der Waals surface area (Å²) in [5.41, 5.74) is 8.98. The van der Waals surface area contributed by atoms with Crippen molar-refractivity contribution in [2.24, 2.45) is 5.73 Å². The number of fused-ring (bicyclic) bond motifs is 1. The minimum Gasteiger partial charge on any atom is -0.492 e. The maximum absolute atomic E-state index is 11.7. The zero-order valence-corrected chi connectivity index (χ0v) is 11.7. The first-order chi connectivity index (χ1) is 10.1. The Balaban J connectivity index is 2.41. The van der Waals surface area contributed by atoms with E-state index in [0.29, 0.717) is 11.4 Å². The van der Waals surface area contributed by atoms with Gasteiger partial charge in [0.25, 0.3) is 5.91 Å². The number of nitrogens with zero attached hydrogens (tertiary/aromatic N) is 3. The van der Waals surface area contributed by atoms with Crippen LogP contribution >= 0.6 is 0 Å². The molecule has 21 heavy (non-hydrogen) atoms. The van der Waals surface area contributed by atoms with Gasteiger partial charge in [-0.25, -0.2) is 9.50 Å². The minimum absolute atomic E-state index is 0.288. The van der Waals surface area contributed by atoms with Crippen LogP contribution in [0.2, 0.25) is 0 Å². The lowest BCUT2D eigenvalue weighted by Gasteiger charge is -2.12. The summed E-state index contributed by atoms with van der Waals surface area (Å²) in [6, 6.07) is 9.52. The molecule has 106 valence electrons. The lowest BCUT2D eigenvalue weighted by molar-refractivity contribution is 0.0997. The fourth-order valence-corrected chi connectivity index (χ4v) is 2.39. The van der Waals surface area contributed by atoms with Crippen LogP contribution in [0.1, 0.15) is 15.9 Å². The van der Waals surface area contributed by atoms with Gasteiger partial charge in [0.05, 0.1) is 18.4 Å². The molecule has 6 nitrogen and oxygen atoms in total. The summed E-state index contributed by atoms with van der Waals surface area (Å²) in [6.45, 7) is 1.99. The monoisotopic (exact) mass is 282 g/mol. The first kappa shape index (κ1) is 13.1. The van der Waals surface area contributed by atoms with Crippen molar-refractivity contribution in [3.05, 3.63) is 47.8 Å². The topological polar surface area (TPSA) is 82.5 Å². The lowest BCUT2D eigenvalue weighted by Crippen LogP contribution is -2.14. The van der Waals surface area contributed by atoms with Gasteiger partial charge in [0.2, 0.25) is 0 Å². The number of nitrogens with two attached hydrogens (primary N) is 1. The van der Waals surface area contributed by atoms with Crippen LogP contribution in [0.25, 0.3) is 16.9 Å². The van der Waals surface area contributed by atoms with Crippen LogP contribution in [-0.4, -0.2) is 27.6 Å². The summed E-state index contributed by atoms with van der Waals surface area (Å²) in [4.78, 5) is 15.9. The van der Waals surface area contributed by atoms with Crippen molar-refractivity contribution in [3.63, 3.8) is 0 Å². The maximum atomic E-state index is 11.7. The highest BCUT2D eigenvalue weighted by atomic mass is 16.5. The summed E-state index contributed by atoms with van der Waals surface area (Å²) in [5.74, 6) is -0.232. The minimum atomic E-state index is -0.563. The number of carbonyl (C=O) groups excluding carboxylic acids is 1. The summed E-state index contributed by atoms with van der Waals surface area (Å²) < 4.78 is 6.92. The second-order valence-corrected chi connectivity index (χ2v) is 4.65. The van der Waals surface area contributed by atoms with Crippen LogP contribution in [-0.2, 0) is 0 Å². The van der Waals surface area contributed by atoms with Gasteiger partial charge in [-0.15, -0.1) is 0 Å². The van der Waals surface area contributed by atoms with E-state index in [2.05, 4.69) is 10.1 Å². The summed E-state index contributed by atoms with van der Waals surface area (Å²) in [6.07, 6.45) is 1.42. The standard InChI is InChI=1S/C15H14N4O2/c1-9-5-3-4-6-10(9)12-7-11(14(16)20)13(21-2)15-17-8-18-19(12)15/h3-8H,1-2H3,(H2,16,20). The van der Waals surface area contributed by atoms with E-state index in [4.69, 9.17) is 10.5 Å². The Kier molecular flexibility index (Phi) is 3.06. The summed E-state index contributed by atoms with van der Waals surface area (Å²) in [5, 5.41) is 4.22. The van der Waals surface area contributed by atoms with Gasteiger partial charge in [0.15, 0.2) is 11.4 Å². The smallest absolute Gasteiger partial charge is 0.252 e. The van der Waals surface area contributed by atoms with Crippen LogP contribution in [0, 0.1) is 6.92 Å². The number of benzene rings is 1. The molecule has 1 aromatic carbocycles. The molecule has 0 aliphatic heterocycles. The van der Waals surface area contributed by atoms with Crippen LogP contribution in [0.3, 0.4) is 0 Å². The molecular weight excluding hydrogens is 268 g/mol. The van der Waals surface area contributed by atoms with Crippen LogP contribution in [0.4, 0.5) is 0 Å². The number of rotatable bonds is 3. The summed E-state index contributed by atoms with van der Waals surface area (Å²) in [7, 11) is 1.48. The number of hydrogen-bond donors (Lipinski definition) is 1. The highest BCUT2D eigenvalue weighted by Gasteiger charge is 2.19. The average molecular weight is 282 g/mol. The van der Waals surface area contributed by atoms with E-state index in [9.17, 15) is 4.79 Å². The molecule has 0 aliphatic rings. The maximum Gasteiger partial charge on any atom is 0.252 e. The van der Waals surface area contributed by atoms with Crippen LogP contribution in [0.15, 0.2) is 36.7 Å². The van der Waals surface area contributed by atoms with E-state index in [-0.39, 0.29) is 5.56 Å². The third kappa shape index (κ3) is 2.01. The molecule has 3 aromatic rings. The molecule has 2 heterocycles. The second-order valence-electron chi connectivity index (χ2n) is 4.65. The Hall–Kier alpha value is -2.89. The van der Waals surface area contributed by atoms with Gasteiger partial charge < -0.3 is 10.5 Å². The Bertz CT molecular complexity index is 839. The molecule has 0 saturated carbocycles. The number of methoxy groups -OCH3 is 1. The molecule has 3 rings (SSSR count). The Morgan fingerprint density at radius 2 is 2.10 bits per heavy atom. The molecular formula is C15H14N4O2. The summed E-state index contributed by atoms with van der Waals surface area (Å²) >= 11 is 0. The number of pyridine rings is 1. The van der Waals surface area contributed by atoms with Crippen molar-refractivity contribution in [2.45, 2.75) is 6.92 Å². The van der Waals surface area contributed by atoms with Crippen molar-refractivity contribution in [2.75, 3.05) is 7.11 Å². The number of amides is 1. The van der Waals surface area contributed by atoms with E-state index in [1.807, 2.05) is 31.2 Å². The lowest BCUT2D eigenvalue weighted by atomic mass is 10.0. The van der Waals surface area contributed by atoms with E-state index in [1.165, 1.54) is 13.4 Å². The molecule has 0 radical (unpaired) electrons.